The molecular formula is C11H15N5O3S. The quantitative estimate of drug-likeness (QED) is 0.548. The number of sulfonamides is 1. The number of anilines is 1. The predicted molar refractivity (Wildman–Crippen MR) is 72.0 cm³/mol. The maximum atomic E-state index is 12.3. The summed E-state index contributed by atoms with van der Waals surface area (Å²) in [4.78, 5) is 7.73. The molecule has 4 N–H and O–H groups in total. The van der Waals surface area contributed by atoms with Crippen LogP contribution in [-0.2, 0) is 10.0 Å². The Balaban J connectivity index is 2.27. The Morgan fingerprint density at radius 2 is 2.15 bits per heavy atom. The Kier molecular flexibility index (Phi) is 4.02. The number of oxazole rings is 1. The summed E-state index contributed by atoms with van der Waals surface area (Å²) in [6, 6.07) is 0.855. The van der Waals surface area contributed by atoms with E-state index < -0.39 is 16.1 Å². The minimum Gasteiger partial charge on any atom is -0.444 e. The van der Waals surface area contributed by atoms with Gasteiger partial charge in [-0.1, -0.05) is 0 Å². The Labute approximate surface area is 116 Å². The van der Waals surface area contributed by atoms with Crippen LogP contribution in [0.15, 0.2) is 34.0 Å². The summed E-state index contributed by atoms with van der Waals surface area (Å²) in [7, 11) is -3.80. The predicted octanol–water partition coefficient (Wildman–Crippen LogP) is 0.703. The van der Waals surface area contributed by atoms with Crippen molar-refractivity contribution in [1.82, 2.24) is 14.7 Å². The number of pyridine rings is 1. The van der Waals surface area contributed by atoms with E-state index >= 15 is 0 Å². The topological polar surface area (TPSA) is 123 Å². The first-order valence-electron chi connectivity index (χ1n) is 5.79. The summed E-state index contributed by atoms with van der Waals surface area (Å²) < 4.78 is 32.3. The van der Waals surface area contributed by atoms with Crippen LogP contribution in [0.2, 0.25) is 0 Å². The average Bonchev–Trinajstić information content (AvgIpc) is 2.85. The second kappa shape index (κ2) is 5.57. The van der Waals surface area contributed by atoms with Crippen LogP contribution in [0, 0.1) is 6.92 Å². The molecule has 1 unspecified atom stereocenters. The van der Waals surface area contributed by atoms with E-state index in [2.05, 4.69) is 20.1 Å². The van der Waals surface area contributed by atoms with Gasteiger partial charge in [0.25, 0.3) is 0 Å². The minimum atomic E-state index is -3.80. The Hall–Kier alpha value is -1.97. The van der Waals surface area contributed by atoms with E-state index in [1.54, 1.807) is 13.8 Å². The van der Waals surface area contributed by atoms with Crippen molar-refractivity contribution in [3.05, 3.63) is 36.3 Å². The van der Waals surface area contributed by atoms with Crippen molar-refractivity contribution >= 4 is 15.7 Å². The molecule has 108 valence electrons. The van der Waals surface area contributed by atoms with E-state index in [4.69, 9.17) is 10.3 Å². The molecule has 0 aliphatic heterocycles. The zero-order chi connectivity index (χ0) is 14.8. The van der Waals surface area contributed by atoms with Crippen LogP contribution in [0.25, 0.3) is 0 Å². The summed E-state index contributed by atoms with van der Waals surface area (Å²) in [5.41, 5.74) is 2.57. The number of hydrogen-bond donors (Lipinski definition) is 3. The number of nitrogen functional groups attached to an aromatic ring is 1. The molecule has 9 heteroatoms. The van der Waals surface area contributed by atoms with Gasteiger partial charge in [-0.25, -0.2) is 13.4 Å². The maximum Gasteiger partial charge on any atom is 0.244 e. The summed E-state index contributed by atoms with van der Waals surface area (Å²) in [5, 5.41) is 0. The summed E-state index contributed by atoms with van der Waals surface area (Å²) in [5.74, 6) is 6.19. The lowest BCUT2D eigenvalue weighted by Gasteiger charge is -2.13. The van der Waals surface area contributed by atoms with Crippen molar-refractivity contribution in [2.24, 2.45) is 5.84 Å². The number of nitrogens with two attached hydrogens (primary N) is 1. The van der Waals surface area contributed by atoms with E-state index in [0.717, 1.165) is 0 Å². The van der Waals surface area contributed by atoms with Crippen molar-refractivity contribution in [3.8, 4) is 0 Å². The fourth-order valence-electron chi connectivity index (χ4n) is 1.63. The van der Waals surface area contributed by atoms with Crippen molar-refractivity contribution in [3.63, 3.8) is 0 Å². The van der Waals surface area contributed by atoms with E-state index in [0.29, 0.717) is 5.76 Å². The second-order valence-electron chi connectivity index (χ2n) is 4.17. The molecule has 0 aliphatic rings. The lowest BCUT2D eigenvalue weighted by molar-refractivity contribution is 0.428. The smallest absolute Gasteiger partial charge is 0.244 e. The highest BCUT2D eigenvalue weighted by molar-refractivity contribution is 7.89. The SMILES string of the molecule is Cc1cnc(C(C)NS(=O)(=O)c2cnccc2NN)o1. The first-order valence-corrected chi connectivity index (χ1v) is 7.27. The molecule has 0 saturated carbocycles. The molecule has 0 bridgehead atoms. The van der Waals surface area contributed by atoms with E-state index in [9.17, 15) is 8.42 Å². The fourth-order valence-corrected chi connectivity index (χ4v) is 2.94. The maximum absolute atomic E-state index is 12.3. The van der Waals surface area contributed by atoms with Crippen molar-refractivity contribution < 1.29 is 12.8 Å². The number of rotatable bonds is 5. The van der Waals surface area contributed by atoms with Crippen LogP contribution in [0.3, 0.4) is 0 Å². The summed E-state index contributed by atoms with van der Waals surface area (Å²) in [6.07, 6.45) is 4.18. The van der Waals surface area contributed by atoms with Crippen LogP contribution in [0.1, 0.15) is 24.6 Å². The van der Waals surface area contributed by atoms with Gasteiger partial charge in [-0.2, -0.15) is 4.72 Å². The van der Waals surface area contributed by atoms with E-state index in [1.807, 2.05) is 0 Å². The van der Waals surface area contributed by atoms with Crippen LogP contribution >= 0.6 is 0 Å². The highest BCUT2D eigenvalue weighted by Gasteiger charge is 2.23. The molecule has 0 saturated heterocycles. The molecule has 0 radical (unpaired) electrons. The molecule has 0 aliphatic carbocycles. The second-order valence-corrected chi connectivity index (χ2v) is 5.85. The zero-order valence-corrected chi connectivity index (χ0v) is 11.8. The van der Waals surface area contributed by atoms with E-state index in [-0.39, 0.29) is 16.5 Å². The van der Waals surface area contributed by atoms with Crippen molar-refractivity contribution in [2.75, 3.05) is 5.43 Å². The molecule has 0 spiro atoms. The number of aryl methyl sites for hydroxylation is 1. The lowest BCUT2D eigenvalue weighted by Crippen LogP contribution is -2.28. The van der Waals surface area contributed by atoms with Crippen LogP contribution < -0.4 is 16.0 Å². The number of aromatic nitrogens is 2. The first kappa shape index (κ1) is 14.4. The van der Waals surface area contributed by atoms with Gasteiger partial charge in [-0.15, -0.1) is 0 Å². The molecule has 2 aromatic heterocycles. The standard InChI is InChI=1S/C11H15N5O3S/c1-7-5-14-11(19-7)8(2)16-20(17,18)10-6-13-4-3-9(10)15-12/h3-6,8,16H,12H2,1-2H3,(H,13,15). The van der Waals surface area contributed by atoms with E-state index in [1.165, 1.54) is 24.7 Å². The molecule has 2 rings (SSSR count). The van der Waals surface area contributed by atoms with Crippen LogP contribution in [-0.4, -0.2) is 18.4 Å². The number of hydrazine groups is 1. The van der Waals surface area contributed by atoms with Gasteiger partial charge >= 0.3 is 0 Å². The van der Waals surface area contributed by atoms with Gasteiger partial charge in [0, 0.05) is 12.4 Å². The Bertz CT molecular complexity index is 698. The summed E-state index contributed by atoms with van der Waals surface area (Å²) in [6.45, 7) is 3.37. The molecule has 2 aromatic rings. The summed E-state index contributed by atoms with van der Waals surface area (Å²) >= 11 is 0. The average molecular weight is 297 g/mol. The van der Waals surface area contributed by atoms with Gasteiger partial charge in [0.1, 0.15) is 10.7 Å². The lowest BCUT2D eigenvalue weighted by atomic mass is 10.4. The van der Waals surface area contributed by atoms with Crippen LogP contribution in [0.5, 0.6) is 0 Å². The number of hydrogen-bond acceptors (Lipinski definition) is 7. The fraction of sp³-hybridized carbons (Fsp3) is 0.273. The normalized spacial score (nSPS) is 13.2. The third kappa shape index (κ3) is 2.95. The van der Waals surface area contributed by atoms with Gasteiger partial charge < -0.3 is 9.84 Å². The van der Waals surface area contributed by atoms with Gasteiger partial charge in [0.15, 0.2) is 0 Å². The molecular weight excluding hydrogens is 282 g/mol. The molecule has 0 fully saturated rings. The third-order valence-electron chi connectivity index (χ3n) is 2.57. The Morgan fingerprint density at radius 3 is 2.75 bits per heavy atom. The van der Waals surface area contributed by atoms with Gasteiger partial charge in [0.05, 0.1) is 17.9 Å². The first-order chi connectivity index (χ1) is 9.44. The molecule has 20 heavy (non-hydrogen) atoms. The van der Waals surface area contributed by atoms with Gasteiger partial charge in [-0.05, 0) is 19.9 Å². The molecule has 2 heterocycles. The highest BCUT2D eigenvalue weighted by atomic mass is 32.2. The largest absolute Gasteiger partial charge is 0.444 e. The minimum absolute atomic E-state index is 0.0439. The zero-order valence-electron chi connectivity index (χ0n) is 11.0. The Morgan fingerprint density at radius 1 is 1.40 bits per heavy atom. The van der Waals surface area contributed by atoms with Gasteiger partial charge in [0.2, 0.25) is 15.9 Å². The van der Waals surface area contributed by atoms with Crippen molar-refractivity contribution in [1.29, 1.82) is 0 Å². The highest BCUT2D eigenvalue weighted by Crippen LogP contribution is 2.21. The molecule has 1 atom stereocenters. The number of nitrogens with zero attached hydrogens (tertiary/aromatic N) is 2. The molecule has 0 amide bonds. The number of nitrogens with one attached hydrogen (secondary N) is 2. The van der Waals surface area contributed by atoms with Crippen molar-refractivity contribution in [2.45, 2.75) is 24.8 Å². The van der Waals surface area contributed by atoms with Crippen LogP contribution in [0.4, 0.5) is 5.69 Å². The monoisotopic (exact) mass is 297 g/mol. The van der Waals surface area contributed by atoms with Gasteiger partial charge in [-0.3, -0.25) is 10.8 Å². The molecule has 8 nitrogen and oxygen atoms in total. The molecule has 0 aromatic carbocycles. The third-order valence-corrected chi connectivity index (χ3v) is 4.14.